The summed E-state index contributed by atoms with van der Waals surface area (Å²) in [5, 5.41) is 5.90. The van der Waals surface area contributed by atoms with Crippen molar-refractivity contribution >= 4 is 35.1 Å². The third kappa shape index (κ3) is 6.70. The van der Waals surface area contributed by atoms with Gasteiger partial charge >= 0.3 is 5.97 Å². The van der Waals surface area contributed by atoms with Crippen LogP contribution in [0.25, 0.3) is 0 Å². The number of unbranched alkanes of at least 4 members (excludes halogenated alkanes) is 2. The molecule has 0 atom stereocenters. The van der Waals surface area contributed by atoms with Crippen LogP contribution in [-0.2, 0) is 9.53 Å². The Hall–Kier alpha value is -2.86. The van der Waals surface area contributed by atoms with Gasteiger partial charge in [-0.1, -0.05) is 43.5 Å². The summed E-state index contributed by atoms with van der Waals surface area (Å²) in [7, 11) is 0. The maximum Gasteiger partial charge on any atom is 0.340 e. The van der Waals surface area contributed by atoms with E-state index in [9.17, 15) is 14.4 Å². The number of amides is 2. The van der Waals surface area contributed by atoms with Crippen molar-refractivity contribution < 1.29 is 19.1 Å². The molecule has 0 fully saturated rings. The second kappa shape index (κ2) is 11.1. The smallest absolute Gasteiger partial charge is 0.340 e. The number of esters is 1. The molecule has 0 bridgehead atoms. The molecule has 0 radical (unpaired) electrons. The molecule has 28 heavy (non-hydrogen) atoms. The molecule has 2 aromatic carbocycles. The molecule has 2 amide bonds. The van der Waals surface area contributed by atoms with Gasteiger partial charge in [-0.15, -0.1) is 0 Å². The number of carbonyl (C=O) groups is 3. The summed E-state index contributed by atoms with van der Waals surface area (Å²) >= 11 is 5.83. The van der Waals surface area contributed by atoms with Crippen molar-refractivity contribution in [2.24, 2.45) is 0 Å². The topological polar surface area (TPSA) is 84.5 Å². The Kier molecular flexibility index (Phi) is 8.49. The van der Waals surface area contributed by atoms with Gasteiger partial charge in [-0.25, -0.2) is 4.79 Å². The van der Waals surface area contributed by atoms with Gasteiger partial charge in [0.1, 0.15) is 0 Å². The Labute approximate surface area is 169 Å². The van der Waals surface area contributed by atoms with Gasteiger partial charge in [0.25, 0.3) is 11.8 Å². The molecule has 2 N–H and O–H groups in total. The summed E-state index contributed by atoms with van der Waals surface area (Å²) < 4.78 is 5.07. The first-order chi connectivity index (χ1) is 13.5. The van der Waals surface area contributed by atoms with E-state index >= 15 is 0 Å². The highest BCUT2D eigenvalue weighted by atomic mass is 35.5. The van der Waals surface area contributed by atoms with E-state index in [2.05, 4.69) is 17.6 Å². The van der Waals surface area contributed by atoms with Crippen molar-refractivity contribution in [3.63, 3.8) is 0 Å². The first-order valence-corrected chi connectivity index (χ1v) is 9.49. The van der Waals surface area contributed by atoms with Gasteiger partial charge in [0.05, 0.1) is 11.3 Å². The lowest BCUT2D eigenvalue weighted by molar-refractivity contribution is -0.124. The summed E-state index contributed by atoms with van der Waals surface area (Å²) in [4.78, 5) is 36.5. The van der Waals surface area contributed by atoms with E-state index in [1.54, 1.807) is 42.5 Å². The molecule has 0 saturated carbocycles. The fourth-order valence-electron chi connectivity index (χ4n) is 2.43. The largest absolute Gasteiger partial charge is 0.452 e. The Morgan fingerprint density at radius 2 is 1.71 bits per heavy atom. The molecule has 0 saturated heterocycles. The minimum atomic E-state index is -0.685. The summed E-state index contributed by atoms with van der Waals surface area (Å²) in [6, 6.07) is 12.8. The molecule has 6 nitrogen and oxygen atoms in total. The number of halogens is 1. The molecule has 7 heteroatoms. The quantitative estimate of drug-likeness (QED) is 0.489. The Morgan fingerprint density at radius 1 is 1.00 bits per heavy atom. The highest BCUT2D eigenvalue weighted by molar-refractivity contribution is 6.30. The lowest BCUT2D eigenvalue weighted by Crippen LogP contribution is -2.29. The lowest BCUT2D eigenvalue weighted by Gasteiger charge is -2.11. The second-order valence-corrected chi connectivity index (χ2v) is 6.58. The molecule has 0 heterocycles. The molecule has 0 aliphatic carbocycles. The maximum atomic E-state index is 12.4. The average molecular weight is 403 g/mol. The summed E-state index contributed by atoms with van der Waals surface area (Å²) in [5.41, 5.74) is 0.874. The normalized spacial score (nSPS) is 10.2. The van der Waals surface area contributed by atoms with Crippen LogP contribution in [0.15, 0.2) is 48.5 Å². The molecule has 0 aliphatic rings. The monoisotopic (exact) mass is 402 g/mol. The molecule has 0 aliphatic heterocycles. The van der Waals surface area contributed by atoms with Crippen LogP contribution >= 0.6 is 11.6 Å². The number of rotatable bonds is 9. The van der Waals surface area contributed by atoms with E-state index in [1.807, 2.05) is 0 Å². The maximum absolute atomic E-state index is 12.4. The fraction of sp³-hybridized carbons (Fsp3) is 0.286. The molecule has 0 spiro atoms. The third-order valence-electron chi connectivity index (χ3n) is 3.94. The molecular weight excluding hydrogens is 380 g/mol. The van der Waals surface area contributed by atoms with E-state index < -0.39 is 5.97 Å². The number of anilines is 1. The first kappa shape index (κ1) is 21.4. The SMILES string of the molecule is CCCCCNC(=O)COC(=O)c1ccccc1NC(=O)c1ccc(Cl)cc1. The number of para-hydroxylation sites is 1. The second-order valence-electron chi connectivity index (χ2n) is 6.14. The first-order valence-electron chi connectivity index (χ1n) is 9.11. The minimum absolute atomic E-state index is 0.170. The summed E-state index contributed by atoms with van der Waals surface area (Å²) in [6.45, 7) is 2.26. The molecule has 2 aromatic rings. The average Bonchev–Trinajstić information content (AvgIpc) is 2.70. The van der Waals surface area contributed by atoms with E-state index in [4.69, 9.17) is 16.3 Å². The van der Waals surface area contributed by atoms with Crippen molar-refractivity contribution in [3.8, 4) is 0 Å². The van der Waals surface area contributed by atoms with Gasteiger partial charge in [-0.2, -0.15) is 0 Å². The van der Waals surface area contributed by atoms with E-state index in [0.717, 1.165) is 19.3 Å². The van der Waals surface area contributed by atoms with E-state index in [-0.39, 0.29) is 24.0 Å². The van der Waals surface area contributed by atoms with Gasteiger partial charge in [-0.05, 0) is 42.8 Å². The third-order valence-corrected chi connectivity index (χ3v) is 4.19. The fourth-order valence-corrected chi connectivity index (χ4v) is 2.55. The van der Waals surface area contributed by atoms with E-state index in [1.165, 1.54) is 6.07 Å². The van der Waals surface area contributed by atoms with Crippen LogP contribution < -0.4 is 10.6 Å². The van der Waals surface area contributed by atoms with Crippen molar-refractivity contribution in [2.45, 2.75) is 26.2 Å². The summed E-state index contributed by atoms with van der Waals surface area (Å²) in [6.07, 6.45) is 2.97. The predicted molar refractivity (Wildman–Crippen MR) is 109 cm³/mol. The lowest BCUT2D eigenvalue weighted by atomic mass is 10.1. The number of carbonyl (C=O) groups excluding carboxylic acids is 3. The highest BCUT2D eigenvalue weighted by Gasteiger charge is 2.16. The van der Waals surface area contributed by atoms with Crippen molar-refractivity contribution in [1.29, 1.82) is 0 Å². The van der Waals surface area contributed by atoms with Crippen LogP contribution in [0.2, 0.25) is 5.02 Å². The van der Waals surface area contributed by atoms with Crippen LogP contribution in [0, 0.1) is 0 Å². The van der Waals surface area contributed by atoms with Crippen LogP contribution in [-0.4, -0.2) is 30.9 Å². The summed E-state index contributed by atoms with van der Waals surface area (Å²) in [5.74, 6) is -1.42. The predicted octanol–water partition coefficient (Wildman–Crippen LogP) is 4.06. The van der Waals surface area contributed by atoms with Crippen molar-refractivity contribution in [2.75, 3.05) is 18.5 Å². The Morgan fingerprint density at radius 3 is 2.43 bits per heavy atom. The molecule has 148 valence electrons. The molecule has 0 unspecified atom stereocenters. The van der Waals surface area contributed by atoms with Crippen molar-refractivity contribution in [1.82, 2.24) is 5.32 Å². The van der Waals surface area contributed by atoms with E-state index in [0.29, 0.717) is 22.8 Å². The van der Waals surface area contributed by atoms with Crippen molar-refractivity contribution in [3.05, 3.63) is 64.7 Å². The molecular formula is C21H23ClN2O4. The van der Waals surface area contributed by atoms with Gasteiger partial charge in [0.15, 0.2) is 6.61 Å². The number of nitrogens with one attached hydrogen (secondary N) is 2. The zero-order chi connectivity index (χ0) is 20.4. The van der Waals surface area contributed by atoms with Crippen LogP contribution in [0.3, 0.4) is 0 Å². The van der Waals surface area contributed by atoms with Gasteiger partial charge in [0, 0.05) is 17.1 Å². The zero-order valence-corrected chi connectivity index (χ0v) is 16.4. The van der Waals surface area contributed by atoms with Gasteiger partial charge in [-0.3, -0.25) is 9.59 Å². The standard InChI is InChI=1S/C21H23ClN2O4/c1-2-3-6-13-23-19(25)14-28-21(27)17-7-4-5-8-18(17)24-20(26)15-9-11-16(22)12-10-15/h4-5,7-12H,2-3,6,13-14H2,1H3,(H,23,25)(H,24,26). The minimum Gasteiger partial charge on any atom is -0.452 e. The Balaban J connectivity index is 1.95. The number of benzene rings is 2. The van der Waals surface area contributed by atoms with Crippen LogP contribution in [0.5, 0.6) is 0 Å². The van der Waals surface area contributed by atoms with Gasteiger partial charge < -0.3 is 15.4 Å². The highest BCUT2D eigenvalue weighted by Crippen LogP contribution is 2.18. The number of ether oxygens (including phenoxy) is 1. The van der Waals surface area contributed by atoms with Gasteiger partial charge in [0.2, 0.25) is 0 Å². The molecule has 2 rings (SSSR count). The zero-order valence-electron chi connectivity index (χ0n) is 15.7. The number of hydrogen-bond donors (Lipinski definition) is 2. The van der Waals surface area contributed by atoms with Crippen LogP contribution in [0.4, 0.5) is 5.69 Å². The number of hydrogen-bond acceptors (Lipinski definition) is 4. The van der Waals surface area contributed by atoms with Crippen LogP contribution in [0.1, 0.15) is 46.9 Å². The molecule has 0 aromatic heterocycles. The Bertz CT molecular complexity index is 821.